The molecule has 1 unspecified atom stereocenters. The third-order valence-electron chi connectivity index (χ3n) is 3.02. The molecule has 0 radical (unpaired) electrons. The maximum absolute atomic E-state index is 11.5. The quantitative estimate of drug-likeness (QED) is 0.603. The molecule has 0 saturated heterocycles. The van der Waals surface area contributed by atoms with Crippen molar-refractivity contribution in [2.45, 2.75) is 60.3 Å². The number of Topliss-reactive ketones (excluding diaryl/α,β-unsaturated/α-hetero) is 1. The summed E-state index contributed by atoms with van der Waals surface area (Å²) in [5.41, 5.74) is 0. The lowest BCUT2D eigenvalue weighted by atomic mass is 9.91. The van der Waals surface area contributed by atoms with E-state index in [2.05, 4.69) is 34.6 Å². The summed E-state index contributed by atoms with van der Waals surface area (Å²) in [5, 5.41) is 0. The molecule has 0 rings (SSSR count). The van der Waals surface area contributed by atoms with Gasteiger partial charge in [0.15, 0.2) is 0 Å². The van der Waals surface area contributed by atoms with E-state index in [0.717, 1.165) is 25.7 Å². The highest BCUT2D eigenvalue weighted by Gasteiger charge is 2.10. The molecule has 0 N–H and O–H groups in total. The topological polar surface area (TPSA) is 17.1 Å². The molecule has 1 atom stereocenters. The van der Waals surface area contributed by atoms with Gasteiger partial charge in [0.1, 0.15) is 5.78 Å². The Morgan fingerprint density at radius 2 is 1.43 bits per heavy atom. The zero-order valence-electron chi connectivity index (χ0n) is 10.5. The largest absolute Gasteiger partial charge is 0.300 e. The van der Waals surface area contributed by atoms with Crippen molar-refractivity contribution >= 4 is 5.78 Å². The van der Waals surface area contributed by atoms with Crippen molar-refractivity contribution in [3.8, 4) is 0 Å². The minimum absolute atomic E-state index is 0.450. The van der Waals surface area contributed by atoms with E-state index >= 15 is 0 Å². The number of hydrogen-bond donors (Lipinski definition) is 0. The maximum atomic E-state index is 11.5. The second-order valence-electron chi connectivity index (χ2n) is 5.23. The van der Waals surface area contributed by atoms with E-state index in [4.69, 9.17) is 0 Å². The molecule has 0 fully saturated rings. The lowest BCUT2D eigenvalue weighted by Gasteiger charge is -2.14. The fourth-order valence-corrected chi connectivity index (χ4v) is 1.30. The standard InChI is InChI=1S/C13H26O/c1-10(2)6-8-13(14)9-7-12(5)11(3)4/h10-12H,6-9H2,1-5H3. The first kappa shape index (κ1) is 13.7. The molecule has 0 bridgehead atoms. The molecular weight excluding hydrogens is 172 g/mol. The van der Waals surface area contributed by atoms with E-state index in [0.29, 0.717) is 23.5 Å². The van der Waals surface area contributed by atoms with Gasteiger partial charge in [0.05, 0.1) is 0 Å². The number of ketones is 1. The molecular formula is C13H26O. The molecule has 1 nitrogen and oxygen atoms in total. The summed E-state index contributed by atoms with van der Waals surface area (Å²) in [5.74, 6) is 2.48. The first-order valence-electron chi connectivity index (χ1n) is 5.95. The van der Waals surface area contributed by atoms with Crippen LogP contribution in [0, 0.1) is 17.8 Å². The molecule has 0 aromatic rings. The summed E-state index contributed by atoms with van der Waals surface area (Å²) < 4.78 is 0. The van der Waals surface area contributed by atoms with Gasteiger partial charge in [-0.3, -0.25) is 4.79 Å². The monoisotopic (exact) mass is 198 g/mol. The van der Waals surface area contributed by atoms with Crippen molar-refractivity contribution in [1.29, 1.82) is 0 Å². The van der Waals surface area contributed by atoms with Crippen molar-refractivity contribution in [3.63, 3.8) is 0 Å². The zero-order chi connectivity index (χ0) is 11.1. The zero-order valence-corrected chi connectivity index (χ0v) is 10.5. The molecule has 0 aromatic carbocycles. The molecule has 84 valence electrons. The third-order valence-corrected chi connectivity index (χ3v) is 3.02. The van der Waals surface area contributed by atoms with Crippen molar-refractivity contribution in [1.82, 2.24) is 0 Å². The van der Waals surface area contributed by atoms with Gasteiger partial charge in [-0.2, -0.15) is 0 Å². The molecule has 0 aliphatic rings. The summed E-state index contributed by atoms with van der Waals surface area (Å²) in [6, 6.07) is 0. The van der Waals surface area contributed by atoms with E-state index in [-0.39, 0.29) is 0 Å². The highest BCUT2D eigenvalue weighted by atomic mass is 16.1. The molecule has 0 saturated carbocycles. The normalized spacial score (nSPS) is 13.6. The van der Waals surface area contributed by atoms with Crippen LogP contribution in [0.15, 0.2) is 0 Å². The van der Waals surface area contributed by atoms with Gasteiger partial charge in [0, 0.05) is 12.8 Å². The van der Waals surface area contributed by atoms with E-state index in [1.54, 1.807) is 0 Å². The van der Waals surface area contributed by atoms with Gasteiger partial charge in [-0.15, -0.1) is 0 Å². The van der Waals surface area contributed by atoms with Gasteiger partial charge in [0.2, 0.25) is 0 Å². The molecule has 1 heteroatoms. The average Bonchev–Trinajstić information content (AvgIpc) is 2.10. The van der Waals surface area contributed by atoms with E-state index < -0.39 is 0 Å². The highest BCUT2D eigenvalue weighted by Crippen LogP contribution is 2.17. The molecule has 0 aliphatic heterocycles. The lowest BCUT2D eigenvalue weighted by molar-refractivity contribution is -0.119. The van der Waals surface area contributed by atoms with Crippen LogP contribution in [0.5, 0.6) is 0 Å². The van der Waals surface area contributed by atoms with Crippen LogP contribution in [-0.2, 0) is 4.79 Å². The Kier molecular flexibility index (Phi) is 6.86. The fourth-order valence-electron chi connectivity index (χ4n) is 1.30. The first-order valence-corrected chi connectivity index (χ1v) is 5.95. The smallest absolute Gasteiger partial charge is 0.132 e. The Bertz CT molecular complexity index is 159. The van der Waals surface area contributed by atoms with E-state index in [9.17, 15) is 4.79 Å². The van der Waals surface area contributed by atoms with Gasteiger partial charge in [-0.25, -0.2) is 0 Å². The van der Waals surface area contributed by atoms with Crippen LogP contribution in [-0.4, -0.2) is 5.78 Å². The number of rotatable bonds is 7. The number of hydrogen-bond acceptors (Lipinski definition) is 1. The second kappa shape index (κ2) is 7.03. The van der Waals surface area contributed by atoms with Crippen LogP contribution in [0.25, 0.3) is 0 Å². The van der Waals surface area contributed by atoms with E-state index in [1.165, 1.54) is 0 Å². The van der Waals surface area contributed by atoms with Crippen LogP contribution >= 0.6 is 0 Å². The van der Waals surface area contributed by atoms with Crippen molar-refractivity contribution < 1.29 is 4.79 Å². The van der Waals surface area contributed by atoms with Crippen LogP contribution in [0.2, 0.25) is 0 Å². The lowest BCUT2D eigenvalue weighted by Crippen LogP contribution is -2.08. The molecule has 0 aromatic heterocycles. The molecule has 0 aliphatic carbocycles. The summed E-state index contributed by atoms with van der Waals surface area (Å²) in [6.07, 6.45) is 3.68. The average molecular weight is 198 g/mol. The van der Waals surface area contributed by atoms with Crippen LogP contribution in [0.3, 0.4) is 0 Å². The number of carbonyl (C=O) groups excluding carboxylic acids is 1. The van der Waals surface area contributed by atoms with Crippen molar-refractivity contribution in [3.05, 3.63) is 0 Å². The molecule has 0 spiro atoms. The molecule has 0 heterocycles. The Morgan fingerprint density at radius 3 is 1.86 bits per heavy atom. The Labute approximate surface area is 89.3 Å². The van der Waals surface area contributed by atoms with Gasteiger partial charge in [-0.1, -0.05) is 34.6 Å². The van der Waals surface area contributed by atoms with Gasteiger partial charge >= 0.3 is 0 Å². The SMILES string of the molecule is CC(C)CCC(=O)CCC(C)C(C)C. The molecule has 14 heavy (non-hydrogen) atoms. The van der Waals surface area contributed by atoms with Gasteiger partial charge in [-0.05, 0) is 30.6 Å². The van der Waals surface area contributed by atoms with Crippen LogP contribution < -0.4 is 0 Å². The minimum atomic E-state index is 0.450. The van der Waals surface area contributed by atoms with E-state index in [1.807, 2.05) is 0 Å². The van der Waals surface area contributed by atoms with Crippen LogP contribution in [0.4, 0.5) is 0 Å². The summed E-state index contributed by atoms with van der Waals surface area (Å²) in [7, 11) is 0. The van der Waals surface area contributed by atoms with Gasteiger partial charge < -0.3 is 0 Å². The Hall–Kier alpha value is -0.330. The Morgan fingerprint density at radius 1 is 0.929 bits per heavy atom. The fraction of sp³-hybridized carbons (Fsp3) is 0.923. The summed E-state index contributed by atoms with van der Waals surface area (Å²) >= 11 is 0. The Balaban J connectivity index is 3.54. The van der Waals surface area contributed by atoms with Crippen molar-refractivity contribution in [2.24, 2.45) is 17.8 Å². The maximum Gasteiger partial charge on any atom is 0.132 e. The first-order chi connectivity index (χ1) is 6.43. The second-order valence-corrected chi connectivity index (χ2v) is 5.23. The van der Waals surface area contributed by atoms with Gasteiger partial charge in [0.25, 0.3) is 0 Å². The summed E-state index contributed by atoms with van der Waals surface area (Å²) in [4.78, 5) is 11.5. The van der Waals surface area contributed by atoms with Crippen molar-refractivity contribution in [2.75, 3.05) is 0 Å². The predicted molar refractivity (Wildman–Crippen MR) is 62.3 cm³/mol. The minimum Gasteiger partial charge on any atom is -0.300 e. The number of carbonyl (C=O) groups is 1. The summed E-state index contributed by atoms with van der Waals surface area (Å²) in [6.45, 7) is 11.0. The van der Waals surface area contributed by atoms with Crippen LogP contribution in [0.1, 0.15) is 60.3 Å². The molecule has 0 amide bonds. The third kappa shape index (κ3) is 7.11. The highest BCUT2D eigenvalue weighted by molar-refractivity contribution is 5.78. The predicted octanol–water partition coefficient (Wildman–Crippen LogP) is 4.06.